The van der Waals surface area contributed by atoms with Crippen molar-refractivity contribution in [3.63, 3.8) is 0 Å². The van der Waals surface area contributed by atoms with Crippen molar-refractivity contribution in [1.82, 2.24) is 0 Å². The topological polar surface area (TPSA) is 24.1 Å². The number of aromatic nitrogens is 1. The number of hydrogen-bond acceptors (Lipinski definition) is 1. The average Bonchev–Trinajstić information content (AvgIpc) is 2.09. The fraction of sp³-hybridized carbons (Fsp3) is 0.300. The summed E-state index contributed by atoms with van der Waals surface area (Å²) in [6.45, 7) is 0.727. The first-order valence-corrected chi connectivity index (χ1v) is 3.90. The van der Waals surface area contributed by atoms with Gasteiger partial charge in [0.2, 0.25) is 6.54 Å². The van der Waals surface area contributed by atoms with Gasteiger partial charge in [0.25, 0.3) is 0 Å². The summed E-state index contributed by atoms with van der Waals surface area (Å²) in [7, 11) is 0. The van der Waals surface area contributed by atoms with Gasteiger partial charge < -0.3 is 5.11 Å². The molecule has 0 aliphatic carbocycles. The maximum atomic E-state index is 8.75. The molecule has 0 aliphatic rings. The van der Waals surface area contributed by atoms with Gasteiger partial charge in [-0.1, -0.05) is 6.07 Å². The predicted octanol–water partition coefficient (Wildman–Crippen LogP) is 0.142. The first-order chi connectivity index (χ1) is 5.88. The molecule has 0 atom stereocenters. The molecule has 0 amide bonds. The third-order valence-corrected chi connectivity index (χ3v) is 1.66. The molecule has 0 radical (unpaired) electrons. The third kappa shape index (κ3) is 2.08. The van der Waals surface area contributed by atoms with Crippen LogP contribution < -0.4 is 4.57 Å². The largest absolute Gasteiger partial charge is 0.396 e. The van der Waals surface area contributed by atoms with Crippen LogP contribution in [-0.2, 0) is 13.0 Å². The Hall–Kier alpha value is -1.33. The minimum atomic E-state index is 0.161. The molecule has 2 nitrogen and oxygen atoms in total. The van der Waals surface area contributed by atoms with E-state index in [1.165, 1.54) is 0 Å². The van der Waals surface area contributed by atoms with E-state index < -0.39 is 0 Å². The Morgan fingerprint density at radius 2 is 2.33 bits per heavy atom. The number of terminal acetylenes is 1. The van der Waals surface area contributed by atoms with Crippen molar-refractivity contribution >= 4 is 0 Å². The Kier molecular flexibility index (Phi) is 3.31. The van der Waals surface area contributed by atoms with Crippen LogP contribution in [0.15, 0.2) is 24.4 Å². The molecule has 0 aliphatic heterocycles. The van der Waals surface area contributed by atoms with E-state index in [-0.39, 0.29) is 6.61 Å². The van der Waals surface area contributed by atoms with E-state index in [1.807, 2.05) is 29.0 Å². The molecule has 0 unspecified atom stereocenters. The van der Waals surface area contributed by atoms with E-state index in [2.05, 4.69) is 5.92 Å². The standard InChI is InChI=1S/C10H12NO/c1-2-7-11-8-4-3-5-10(11)6-9-12/h1,3-5,8,12H,6-7,9H2/q+1. The summed E-state index contributed by atoms with van der Waals surface area (Å²) in [5.41, 5.74) is 1.07. The van der Waals surface area contributed by atoms with Crippen molar-refractivity contribution in [2.75, 3.05) is 6.61 Å². The van der Waals surface area contributed by atoms with Crippen LogP contribution in [-0.4, -0.2) is 11.7 Å². The van der Waals surface area contributed by atoms with E-state index >= 15 is 0 Å². The molecule has 1 rings (SSSR count). The van der Waals surface area contributed by atoms with Crippen molar-refractivity contribution in [3.8, 4) is 12.3 Å². The van der Waals surface area contributed by atoms with Crippen LogP contribution in [0, 0.1) is 12.3 Å². The Balaban J connectivity index is 2.85. The van der Waals surface area contributed by atoms with E-state index in [9.17, 15) is 0 Å². The van der Waals surface area contributed by atoms with Crippen LogP contribution >= 0.6 is 0 Å². The fourth-order valence-corrected chi connectivity index (χ4v) is 1.11. The molecule has 1 aromatic rings. The molecule has 0 bridgehead atoms. The molecule has 0 aromatic carbocycles. The second-order valence-electron chi connectivity index (χ2n) is 2.50. The quantitative estimate of drug-likeness (QED) is 0.496. The number of hydrogen-bond donors (Lipinski definition) is 1. The monoisotopic (exact) mass is 162 g/mol. The molecule has 12 heavy (non-hydrogen) atoms. The molecule has 0 saturated heterocycles. The molecule has 62 valence electrons. The van der Waals surface area contributed by atoms with Crippen molar-refractivity contribution in [2.24, 2.45) is 0 Å². The van der Waals surface area contributed by atoms with E-state index in [0.29, 0.717) is 13.0 Å². The summed E-state index contributed by atoms with van der Waals surface area (Å²) in [4.78, 5) is 0. The molecule has 0 saturated carbocycles. The second kappa shape index (κ2) is 4.53. The van der Waals surface area contributed by atoms with E-state index in [4.69, 9.17) is 11.5 Å². The van der Waals surface area contributed by atoms with Crippen LogP contribution in [0.3, 0.4) is 0 Å². The number of aliphatic hydroxyl groups excluding tert-OH is 1. The summed E-state index contributed by atoms with van der Waals surface area (Å²) in [5.74, 6) is 2.56. The van der Waals surface area contributed by atoms with Crippen molar-refractivity contribution in [2.45, 2.75) is 13.0 Å². The molecule has 2 heteroatoms. The predicted molar refractivity (Wildman–Crippen MR) is 46.3 cm³/mol. The molecule has 1 heterocycles. The Bertz CT molecular complexity index is 288. The number of aliphatic hydroxyl groups is 1. The second-order valence-corrected chi connectivity index (χ2v) is 2.50. The summed E-state index contributed by atoms with van der Waals surface area (Å²) in [6, 6.07) is 5.84. The Labute approximate surface area is 72.5 Å². The van der Waals surface area contributed by atoms with Gasteiger partial charge in [-0.05, 0) is 5.92 Å². The van der Waals surface area contributed by atoms with Crippen LogP contribution in [0.1, 0.15) is 5.69 Å². The lowest BCUT2D eigenvalue weighted by Crippen LogP contribution is -2.37. The summed E-state index contributed by atoms with van der Waals surface area (Å²) in [6.07, 6.45) is 7.77. The molecule has 0 spiro atoms. The molecule has 1 aromatic heterocycles. The summed E-state index contributed by atoms with van der Waals surface area (Å²) in [5, 5.41) is 8.75. The normalized spacial score (nSPS) is 9.33. The lowest BCUT2D eigenvalue weighted by molar-refractivity contribution is -0.692. The minimum absolute atomic E-state index is 0.161. The number of nitrogens with zero attached hydrogens (tertiary/aromatic N) is 1. The molecular weight excluding hydrogens is 150 g/mol. The van der Waals surface area contributed by atoms with Gasteiger partial charge >= 0.3 is 0 Å². The SMILES string of the molecule is C#CC[n+]1ccccc1CCO. The Morgan fingerprint density at radius 1 is 1.50 bits per heavy atom. The zero-order valence-corrected chi connectivity index (χ0v) is 6.90. The van der Waals surface area contributed by atoms with Gasteiger partial charge in [-0.25, -0.2) is 0 Å². The van der Waals surface area contributed by atoms with Crippen LogP contribution in [0.5, 0.6) is 0 Å². The highest BCUT2D eigenvalue weighted by Crippen LogP contribution is 1.91. The first-order valence-electron chi connectivity index (χ1n) is 3.90. The lowest BCUT2D eigenvalue weighted by Gasteiger charge is -1.97. The summed E-state index contributed by atoms with van der Waals surface area (Å²) >= 11 is 0. The van der Waals surface area contributed by atoms with Crippen LogP contribution in [0.2, 0.25) is 0 Å². The molecular formula is C10H12NO+. The molecule has 0 fully saturated rings. The van der Waals surface area contributed by atoms with Gasteiger partial charge in [0, 0.05) is 12.1 Å². The Morgan fingerprint density at radius 3 is 3.00 bits per heavy atom. The highest BCUT2D eigenvalue weighted by Gasteiger charge is 2.05. The highest BCUT2D eigenvalue weighted by atomic mass is 16.3. The average molecular weight is 162 g/mol. The minimum Gasteiger partial charge on any atom is -0.396 e. The lowest BCUT2D eigenvalue weighted by atomic mass is 10.2. The van der Waals surface area contributed by atoms with Crippen molar-refractivity contribution in [3.05, 3.63) is 30.1 Å². The third-order valence-electron chi connectivity index (χ3n) is 1.66. The first kappa shape index (κ1) is 8.76. The smallest absolute Gasteiger partial charge is 0.209 e. The van der Waals surface area contributed by atoms with E-state index in [1.54, 1.807) is 0 Å². The highest BCUT2D eigenvalue weighted by molar-refractivity contribution is 4.98. The van der Waals surface area contributed by atoms with E-state index in [0.717, 1.165) is 5.69 Å². The van der Waals surface area contributed by atoms with Crippen molar-refractivity contribution in [1.29, 1.82) is 0 Å². The zero-order valence-electron chi connectivity index (χ0n) is 6.90. The van der Waals surface area contributed by atoms with Gasteiger partial charge in [-0.3, -0.25) is 0 Å². The summed E-state index contributed by atoms with van der Waals surface area (Å²) < 4.78 is 1.95. The maximum Gasteiger partial charge on any atom is 0.209 e. The maximum absolute atomic E-state index is 8.75. The van der Waals surface area contributed by atoms with Gasteiger partial charge in [0.1, 0.15) is 0 Å². The number of rotatable bonds is 3. The zero-order chi connectivity index (χ0) is 8.81. The molecule has 1 N–H and O–H groups in total. The van der Waals surface area contributed by atoms with Crippen molar-refractivity contribution < 1.29 is 9.67 Å². The fourth-order valence-electron chi connectivity index (χ4n) is 1.11. The van der Waals surface area contributed by atoms with Crippen LogP contribution in [0.4, 0.5) is 0 Å². The van der Waals surface area contributed by atoms with Gasteiger partial charge in [0.05, 0.1) is 13.0 Å². The van der Waals surface area contributed by atoms with Gasteiger partial charge in [0.15, 0.2) is 11.9 Å². The van der Waals surface area contributed by atoms with Gasteiger partial charge in [-0.15, -0.1) is 6.42 Å². The van der Waals surface area contributed by atoms with Crippen LogP contribution in [0.25, 0.3) is 0 Å². The number of pyridine rings is 1. The van der Waals surface area contributed by atoms with Gasteiger partial charge in [-0.2, -0.15) is 4.57 Å².